The van der Waals surface area contributed by atoms with E-state index in [1.165, 1.54) is 17.8 Å². The quantitative estimate of drug-likeness (QED) is 0.308. The van der Waals surface area contributed by atoms with Gasteiger partial charge in [-0.05, 0) is 18.2 Å². The van der Waals surface area contributed by atoms with Crippen LogP contribution >= 0.6 is 11.8 Å². The van der Waals surface area contributed by atoms with Crippen LogP contribution in [-0.4, -0.2) is 64.3 Å². The summed E-state index contributed by atoms with van der Waals surface area (Å²) < 4.78 is 7.21. The zero-order valence-electron chi connectivity index (χ0n) is 17.6. The molecule has 0 N–H and O–H groups in total. The van der Waals surface area contributed by atoms with Crippen LogP contribution < -0.4 is 9.64 Å². The molecule has 4 rings (SSSR count). The molecule has 0 spiro atoms. The number of methoxy groups -OCH3 is 1. The molecule has 1 saturated heterocycles. The molecule has 0 unspecified atom stereocenters. The SMILES string of the molecule is COc1cccc(-n2ccnc2SCC(=O)N2CCN(c3ccccc3[N+](=O)[O-])CC2)c1. The highest BCUT2D eigenvalue weighted by molar-refractivity contribution is 7.99. The Morgan fingerprint density at radius 2 is 1.94 bits per heavy atom. The van der Waals surface area contributed by atoms with Gasteiger partial charge in [-0.25, -0.2) is 4.98 Å². The molecule has 1 aliphatic rings. The molecule has 0 radical (unpaired) electrons. The van der Waals surface area contributed by atoms with E-state index in [9.17, 15) is 14.9 Å². The van der Waals surface area contributed by atoms with Crippen molar-refractivity contribution in [2.24, 2.45) is 0 Å². The number of piperazine rings is 1. The minimum atomic E-state index is -0.367. The summed E-state index contributed by atoms with van der Waals surface area (Å²) in [6, 6.07) is 14.4. The van der Waals surface area contributed by atoms with Gasteiger partial charge in [0.05, 0.1) is 23.5 Å². The molecule has 32 heavy (non-hydrogen) atoms. The molecule has 9 nitrogen and oxygen atoms in total. The third kappa shape index (κ3) is 4.70. The Hall–Kier alpha value is -3.53. The zero-order valence-corrected chi connectivity index (χ0v) is 18.4. The van der Waals surface area contributed by atoms with Crippen molar-refractivity contribution < 1.29 is 14.5 Å². The highest BCUT2D eigenvalue weighted by Crippen LogP contribution is 2.29. The molecule has 0 bridgehead atoms. The van der Waals surface area contributed by atoms with Crippen molar-refractivity contribution in [3.8, 4) is 11.4 Å². The Balaban J connectivity index is 1.35. The first kappa shape index (κ1) is 21.7. The van der Waals surface area contributed by atoms with E-state index in [-0.39, 0.29) is 22.3 Å². The number of hydrogen-bond acceptors (Lipinski definition) is 7. The average molecular weight is 454 g/mol. The van der Waals surface area contributed by atoms with Crippen LogP contribution in [0, 0.1) is 10.1 Å². The van der Waals surface area contributed by atoms with Crippen molar-refractivity contribution in [3.05, 3.63) is 71.0 Å². The third-order valence-electron chi connectivity index (χ3n) is 5.31. The van der Waals surface area contributed by atoms with Crippen molar-refractivity contribution >= 4 is 29.0 Å². The van der Waals surface area contributed by atoms with Crippen LogP contribution in [0.3, 0.4) is 0 Å². The van der Waals surface area contributed by atoms with Crippen molar-refractivity contribution in [3.63, 3.8) is 0 Å². The molecule has 3 aromatic rings. The summed E-state index contributed by atoms with van der Waals surface area (Å²) in [6.07, 6.45) is 3.56. The second kappa shape index (κ2) is 9.73. The monoisotopic (exact) mass is 453 g/mol. The maximum Gasteiger partial charge on any atom is 0.292 e. The van der Waals surface area contributed by atoms with Gasteiger partial charge < -0.3 is 14.5 Å². The largest absolute Gasteiger partial charge is 0.497 e. The highest BCUT2D eigenvalue weighted by atomic mass is 32.2. The molecular formula is C22H23N5O4S. The predicted molar refractivity (Wildman–Crippen MR) is 123 cm³/mol. The Bertz CT molecular complexity index is 1110. The number of nitro groups is 1. The molecule has 2 aromatic carbocycles. The summed E-state index contributed by atoms with van der Waals surface area (Å²) in [5.74, 6) is 1.05. The maximum atomic E-state index is 12.8. The molecule has 166 valence electrons. The van der Waals surface area contributed by atoms with E-state index in [0.717, 1.165) is 16.6 Å². The van der Waals surface area contributed by atoms with E-state index in [1.54, 1.807) is 36.4 Å². The Morgan fingerprint density at radius 3 is 2.69 bits per heavy atom. The second-order valence-corrected chi connectivity index (χ2v) is 8.13. The normalized spacial score (nSPS) is 13.8. The van der Waals surface area contributed by atoms with E-state index in [0.29, 0.717) is 31.9 Å². The van der Waals surface area contributed by atoms with Gasteiger partial charge in [-0.2, -0.15) is 0 Å². The van der Waals surface area contributed by atoms with Crippen molar-refractivity contribution in [1.29, 1.82) is 0 Å². The van der Waals surface area contributed by atoms with Gasteiger partial charge in [0.25, 0.3) is 5.69 Å². The van der Waals surface area contributed by atoms with Gasteiger partial charge in [-0.1, -0.05) is 30.0 Å². The molecule has 0 atom stereocenters. The number of anilines is 1. The van der Waals surface area contributed by atoms with E-state index in [4.69, 9.17) is 4.74 Å². The first-order valence-electron chi connectivity index (χ1n) is 10.1. The van der Waals surface area contributed by atoms with E-state index in [2.05, 4.69) is 4.98 Å². The minimum absolute atomic E-state index is 0.0254. The topological polar surface area (TPSA) is 93.7 Å². The van der Waals surface area contributed by atoms with Crippen LogP contribution in [0.25, 0.3) is 5.69 Å². The summed E-state index contributed by atoms with van der Waals surface area (Å²) in [4.78, 5) is 31.9. The maximum absolute atomic E-state index is 12.8. The molecule has 0 saturated carbocycles. The fourth-order valence-corrected chi connectivity index (χ4v) is 4.53. The Kier molecular flexibility index (Phi) is 6.60. The number of ether oxygens (including phenoxy) is 1. The molecule has 2 heterocycles. The number of amides is 1. The van der Waals surface area contributed by atoms with Crippen molar-refractivity contribution in [2.75, 3.05) is 43.9 Å². The van der Waals surface area contributed by atoms with E-state index >= 15 is 0 Å². The fraction of sp³-hybridized carbons (Fsp3) is 0.273. The standard InChI is InChI=1S/C22H23N5O4S/c1-31-18-6-4-5-17(15-18)26-10-9-23-22(26)32-16-21(28)25-13-11-24(12-14-25)19-7-2-3-8-20(19)27(29)30/h2-10,15H,11-14,16H2,1H3. The smallest absolute Gasteiger partial charge is 0.292 e. The Morgan fingerprint density at radius 1 is 1.16 bits per heavy atom. The molecule has 1 aliphatic heterocycles. The second-order valence-electron chi connectivity index (χ2n) is 7.18. The summed E-state index contributed by atoms with van der Waals surface area (Å²) in [7, 11) is 1.62. The molecule has 1 aromatic heterocycles. The van der Waals surface area contributed by atoms with Crippen LogP contribution in [-0.2, 0) is 4.79 Å². The first-order chi connectivity index (χ1) is 15.6. The summed E-state index contributed by atoms with van der Waals surface area (Å²) >= 11 is 1.38. The zero-order chi connectivity index (χ0) is 22.5. The highest BCUT2D eigenvalue weighted by Gasteiger charge is 2.25. The number of nitrogens with zero attached hydrogens (tertiary/aromatic N) is 5. The van der Waals surface area contributed by atoms with Gasteiger partial charge in [-0.3, -0.25) is 19.5 Å². The third-order valence-corrected chi connectivity index (χ3v) is 6.27. The number of hydrogen-bond donors (Lipinski definition) is 0. The molecule has 1 amide bonds. The number of para-hydroxylation sites is 2. The molecule has 10 heteroatoms. The van der Waals surface area contributed by atoms with E-state index < -0.39 is 0 Å². The average Bonchev–Trinajstić information content (AvgIpc) is 3.31. The molecule has 0 aliphatic carbocycles. The number of carbonyl (C=O) groups excluding carboxylic acids is 1. The lowest BCUT2D eigenvalue weighted by atomic mass is 10.2. The first-order valence-corrected chi connectivity index (χ1v) is 11.1. The number of imidazole rings is 1. The van der Waals surface area contributed by atoms with Crippen LogP contribution in [0.5, 0.6) is 5.75 Å². The lowest BCUT2D eigenvalue weighted by Gasteiger charge is -2.35. The molecular weight excluding hydrogens is 430 g/mol. The lowest BCUT2D eigenvalue weighted by molar-refractivity contribution is -0.384. The summed E-state index contributed by atoms with van der Waals surface area (Å²) in [5.41, 5.74) is 1.60. The van der Waals surface area contributed by atoms with E-state index in [1.807, 2.05) is 39.9 Å². The number of thioether (sulfide) groups is 1. The minimum Gasteiger partial charge on any atom is -0.497 e. The number of carbonyl (C=O) groups is 1. The molecule has 1 fully saturated rings. The van der Waals surface area contributed by atoms with Crippen LogP contribution in [0.4, 0.5) is 11.4 Å². The van der Waals surface area contributed by atoms with Gasteiger partial charge >= 0.3 is 0 Å². The fourth-order valence-electron chi connectivity index (χ4n) is 3.65. The van der Waals surface area contributed by atoms with Gasteiger partial charge in [0.1, 0.15) is 11.4 Å². The van der Waals surface area contributed by atoms with Crippen LogP contribution in [0.2, 0.25) is 0 Å². The summed E-state index contributed by atoms with van der Waals surface area (Å²) in [5, 5.41) is 12.0. The number of aromatic nitrogens is 2. The number of benzene rings is 2. The van der Waals surface area contributed by atoms with Crippen molar-refractivity contribution in [1.82, 2.24) is 14.5 Å². The number of nitro benzene ring substituents is 1. The Labute approximate surface area is 189 Å². The van der Waals surface area contributed by atoms with Gasteiger partial charge in [0.15, 0.2) is 5.16 Å². The van der Waals surface area contributed by atoms with Crippen LogP contribution in [0.15, 0.2) is 66.1 Å². The summed E-state index contributed by atoms with van der Waals surface area (Å²) in [6.45, 7) is 2.16. The van der Waals surface area contributed by atoms with Gasteiger partial charge in [0, 0.05) is 50.7 Å². The van der Waals surface area contributed by atoms with Crippen molar-refractivity contribution in [2.45, 2.75) is 5.16 Å². The van der Waals surface area contributed by atoms with Crippen LogP contribution in [0.1, 0.15) is 0 Å². The predicted octanol–water partition coefficient (Wildman–Crippen LogP) is 3.23. The number of rotatable bonds is 7. The lowest BCUT2D eigenvalue weighted by Crippen LogP contribution is -2.49. The van der Waals surface area contributed by atoms with Gasteiger partial charge in [0.2, 0.25) is 5.91 Å². The van der Waals surface area contributed by atoms with Gasteiger partial charge in [-0.15, -0.1) is 0 Å².